The maximum atomic E-state index is 13.2. The smallest absolute Gasteiger partial charge is 0.415 e. The number of carbonyl (C=O) groups excluding carboxylic acids is 1. The lowest BCUT2D eigenvalue weighted by Crippen LogP contribution is -2.39. The first-order valence-corrected chi connectivity index (χ1v) is 9.36. The van der Waals surface area contributed by atoms with E-state index < -0.39 is 5.60 Å². The molecule has 5 nitrogen and oxygen atoms in total. The van der Waals surface area contributed by atoms with Gasteiger partial charge in [-0.1, -0.05) is 48.3 Å². The maximum Gasteiger partial charge on any atom is 0.415 e. The van der Waals surface area contributed by atoms with Crippen LogP contribution in [0.5, 0.6) is 0 Å². The van der Waals surface area contributed by atoms with E-state index in [1.54, 1.807) is 19.1 Å². The summed E-state index contributed by atoms with van der Waals surface area (Å²) in [6, 6.07) is 7.91. The Morgan fingerprint density at radius 2 is 1.93 bits per heavy atom. The Morgan fingerprint density at radius 3 is 2.61 bits per heavy atom. The summed E-state index contributed by atoms with van der Waals surface area (Å²) in [5.41, 5.74) is 3.20. The van der Waals surface area contributed by atoms with E-state index in [0.29, 0.717) is 6.61 Å². The van der Waals surface area contributed by atoms with Crippen LogP contribution in [0.4, 0.5) is 4.79 Å². The van der Waals surface area contributed by atoms with Crippen LogP contribution in [0.15, 0.2) is 41.6 Å². The van der Waals surface area contributed by atoms with Gasteiger partial charge in [0.15, 0.2) is 0 Å². The zero-order valence-corrected chi connectivity index (χ0v) is 17.1. The summed E-state index contributed by atoms with van der Waals surface area (Å²) in [6.07, 6.45) is 3.82. The van der Waals surface area contributed by atoms with Crippen LogP contribution in [0.1, 0.15) is 37.9 Å². The largest absolute Gasteiger partial charge is 0.443 e. The van der Waals surface area contributed by atoms with Crippen molar-refractivity contribution in [1.29, 1.82) is 0 Å². The van der Waals surface area contributed by atoms with Crippen molar-refractivity contribution in [3.05, 3.63) is 52.7 Å². The van der Waals surface area contributed by atoms with E-state index in [0.717, 1.165) is 22.4 Å². The Bertz CT molecular complexity index is 867. The second-order valence-electron chi connectivity index (χ2n) is 7.84. The molecule has 1 aliphatic heterocycles. The van der Waals surface area contributed by atoms with Crippen LogP contribution in [0.25, 0.3) is 6.08 Å². The summed E-state index contributed by atoms with van der Waals surface area (Å²) in [4.78, 5) is 14.9. The maximum absolute atomic E-state index is 13.2. The molecule has 1 aromatic rings. The SMILES string of the molecule is COCC#CC1=C(COC)N(C(=O)OC(C)(C)C)[C@@H]2c3ccccc3C=C[C@H]12. The van der Waals surface area contributed by atoms with Gasteiger partial charge < -0.3 is 14.2 Å². The molecule has 28 heavy (non-hydrogen) atoms. The van der Waals surface area contributed by atoms with Crippen molar-refractivity contribution in [3.63, 3.8) is 0 Å². The molecular formula is C23H27NO4. The minimum absolute atomic E-state index is 0.0445. The van der Waals surface area contributed by atoms with Crippen molar-refractivity contribution in [1.82, 2.24) is 4.90 Å². The summed E-state index contributed by atoms with van der Waals surface area (Å²) in [7, 11) is 3.23. The van der Waals surface area contributed by atoms with Crippen molar-refractivity contribution in [2.75, 3.05) is 27.4 Å². The zero-order chi connectivity index (χ0) is 20.3. The number of ether oxygens (including phenoxy) is 3. The number of benzene rings is 1. The Hall–Kier alpha value is -2.55. The van der Waals surface area contributed by atoms with Crippen LogP contribution in [0, 0.1) is 17.8 Å². The Balaban J connectivity index is 2.12. The molecule has 148 valence electrons. The minimum atomic E-state index is -0.598. The molecule has 5 heteroatoms. The van der Waals surface area contributed by atoms with E-state index in [1.807, 2.05) is 32.9 Å². The average molecular weight is 381 g/mol. The molecule has 0 fully saturated rings. The van der Waals surface area contributed by atoms with Crippen molar-refractivity contribution in [2.24, 2.45) is 5.92 Å². The van der Waals surface area contributed by atoms with Gasteiger partial charge in [0, 0.05) is 25.7 Å². The van der Waals surface area contributed by atoms with Gasteiger partial charge in [-0.05, 0) is 31.9 Å². The minimum Gasteiger partial charge on any atom is -0.443 e. The van der Waals surface area contributed by atoms with Crippen LogP contribution in [-0.4, -0.2) is 44.0 Å². The summed E-state index contributed by atoms with van der Waals surface area (Å²) < 4.78 is 16.3. The molecule has 0 N–H and O–H groups in total. The van der Waals surface area contributed by atoms with E-state index in [9.17, 15) is 4.79 Å². The van der Waals surface area contributed by atoms with Gasteiger partial charge in [0.05, 0.1) is 18.3 Å². The van der Waals surface area contributed by atoms with Crippen LogP contribution in [0.2, 0.25) is 0 Å². The summed E-state index contributed by atoms with van der Waals surface area (Å²) in [6.45, 7) is 6.21. The third-order valence-corrected chi connectivity index (χ3v) is 4.66. The average Bonchev–Trinajstić information content (AvgIpc) is 2.95. The molecule has 0 bridgehead atoms. The molecule has 0 spiro atoms. The van der Waals surface area contributed by atoms with Crippen molar-refractivity contribution in [3.8, 4) is 11.8 Å². The van der Waals surface area contributed by atoms with Gasteiger partial charge >= 0.3 is 6.09 Å². The van der Waals surface area contributed by atoms with Crippen LogP contribution >= 0.6 is 0 Å². The fourth-order valence-corrected chi connectivity index (χ4v) is 3.66. The molecule has 1 amide bonds. The fourth-order valence-electron chi connectivity index (χ4n) is 3.66. The third-order valence-electron chi connectivity index (χ3n) is 4.66. The number of hydrogen-bond acceptors (Lipinski definition) is 4. The molecule has 0 radical (unpaired) electrons. The molecule has 3 rings (SSSR count). The monoisotopic (exact) mass is 381 g/mol. The Morgan fingerprint density at radius 1 is 1.18 bits per heavy atom. The molecule has 0 unspecified atom stereocenters. The highest BCUT2D eigenvalue weighted by atomic mass is 16.6. The Labute approximate surface area is 167 Å². The van der Waals surface area contributed by atoms with Crippen LogP contribution in [0.3, 0.4) is 0 Å². The molecular weight excluding hydrogens is 354 g/mol. The Kier molecular flexibility index (Phi) is 5.93. The van der Waals surface area contributed by atoms with Crippen molar-refractivity contribution in [2.45, 2.75) is 32.4 Å². The third kappa shape index (κ3) is 3.99. The number of fused-ring (bicyclic) bond motifs is 3. The van der Waals surface area contributed by atoms with E-state index in [2.05, 4.69) is 36.1 Å². The van der Waals surface area contributed by atoms with Gasteiger partial charge in [0.1, 0.15) is 12.2 Å². The second-order valence-corrected chi connectivity index (χ2v) is 7.84. The standard InChI is InChI=1S/C23H27NO4/c1-23(2,3)28-22(25)24-20(15-27-5)18(11-8-14-26-4)19-13-12-16-9-6-7-10-17(16)21(19)24/h6-7,9-10,12-13,19,21H,14-15H2,1-5H3/t19-,21-/m1/s1. The predicted molar refractivity (Wildman–Crippen MR) is 108 cm³/mol. The van der Waals surface area contributed by atoms with E-state index >= 15 is 0 Å². The number of nitrogens with zero attached hydrogens (tertiary/aromatic N) is 1. The first-order valence-electron chi connectivity index (χ1n) is 9.36. The highest BCUT2D eigenvalue weighted by molar-refractivity contribution is 5.76. The van der Waals surface area contributed by atoms with Gasteiger partial charge in [-0.2, -0.15) is 0 Å². The highest BCUT2D eigenvalue weighted by Crippen LogP contribution is 2.48. The molecule has 0 aromatic heterocycles. The lowest BCUT2D eigenvalue weighted by molar-refractivity contribution is 0.0216. The molecule has 0 saturated carbocycles. The summed E-state index contributed by atoms with van der Waals surface area (Å²) in [5, 5.41) is 0. The van der Waals surface area contributed by atoms with Crippen LogP contribution < -0.4 is 0 Å². The first kappa shape index (κ1) is 20.2. The lowest BCUT2D eigenvalue weighted by Gasteiger charge is -2.34. The number of rotatable bonds is 3. The number of methoxy groups -OCH3 is 2. The first-order chi connectivity index (χ1) is 13.4. The van der Waals surface area contributed by atoms with Crippen LogP contribution in [-0.2, 0) is 14.2 Å². The molecule has 0 saturated heterocycles. The normalized spacial score (nSPS) is 20.4. The van der Waals surface area contributed by atoms with Gasteiger partial charge in [0.2, 0.25) is 0 Å². The lowest BCUT2D eigenvalue weighted by atomic mass is 9.82. The molecule has 2 atom stereocenters. The van der Waals surface area contributed by atoms with Gasteiger partial charge in [-0.3, -0.25) is 4.90 Å². The van der Waals surface area contributed by atoms with Gasteiger partial charge in [0.25, 0.3) is 0 Å². The topological polar surface area (TPSA) is 48.0 Å². The van der Waals surface area contributed by atoms with Gasteiger partial charge in [-0.25, -0.2) is 4.79 Å². The van der Waals surface area contributed by atoms with Crippen molar-refractivity contribution < 1.29 is 19.0 Å². The van der Waals surface area contributed by atoms with E-state index in [1.165, 1.54) is 0 Å². The molecule has 1 aromatic carbocycles. The predicted octanol–water partition coefficient (Wildman–Crippen LogP) is 4.17. The van der Waals surface area contributed by atoms with Crippen molar-refractivity contribution >= 4 is 12.2 Å². The fraction of sp³-hybridized carbons (Fsp3) is 0.435. The van der Waals surface area contributed by atoms with Gasteiger partial charge in [-0.15, -0.1) is 0 Å². The molecule has 1 heterocycles. The number of amides is 1. The van der Waals surface area contributed by atoms with E-state index in [4.69, 9.17) is 14.2 Å². The summed E-state index contributed by atoms with van der Waals surface area (Å²) >= 11 is 0. The second kappa shape index (κ2) is 8.22. The summed E-state index contributed by atoms with van der Waals surface area (Å²) in [5.74, 6) is 6.21. The highest BCUT2D eigenvalue weighted by Gasteiger charge is 2.46. The number of carbonyl (C=O) groups is 1. The molecule has 2 aliphatic rings. The number of hydrogen-bond donors (Lipinski definition) is 0. The zero-order valence-electron chi connectivity index (χ0n) is 17.1. The molecule has 1 aliphatic carbocycles. The van der Waals surface area contributed by atoms with E-state index in [-0.39, 0.29) is 24.7 Å². The quantitative estimate of drug-likeness (QED) is 0.738.